The van der Waals surface area contributed by atoms with Crippen LogP contribution in [0.5, 0.6) is 0 Å². The maximum Gasteiger partial charge on any atom is 0.226 e. The van der Waals surface area contributed by atoms with E-state index in [1.165, 1.54) is 12.1 Å². The Morgan fingerprint density at radius 1 is 1.50 bits per heavy atom. The molecule has 2 unspecified atom stereocenters. The average Bonchev–Trinajstić information content (AvgIpc) is 2.49. The minimum atomic E-state index is -0.557. The lowest BCUT2D eigenvalue weighted by Gasteiger charge is -2.34. The summed E-state index contributed by atoms with van der Waals surface area (Å²) in [5.41, 5.74) is 6.02. The standard InChI is InChI=1S/C14H17Cl2FN2O2.ClH/c1-8(6-18)14(20)19-2-3-21-13(7-19)9-4-12(17)11(16)5-10(9)15;/h4-5,8,13H,2-3,6-7,18H2,1H3;1H. The van der Waals surface area contributed by atoms with Crippen LogP contribution in [-0.4, -0.2) is 37.0 Å². The van der Waals surface area contributed by atoms with Crippen LogP contribution in [0.25, 0.3) is 0 Å². The van der Waals surface area contributed by atoms with Crippen molar-refractivity contribution in [3.8, 4) is 0 Å². The summed E-state index contributed by atoms with van der Waals surface area (Å²) in [5.74, 6) is -0.837. The largest absolute Gasteiger partial charge is 0.370 e. The second kappa shape index (κ2) is 8.31. The van der Waals surface area contributed by atoms with Crippen molar-refractivity contribution < 1.29 is 13.9 Å². The highest BCUT2D eigenvalue weighted by Crippen LogP contribution is 2.32. The van der Waals surface area contributed by atoms with Gasteiger partial charge in [0.2, 0.25) is 5.91 Å². The minimum Gasteiger partial charge on any atom is -0.370 e. The van der Waals surface area contributed by atoms with Gasteiger partial charge < -0.3 is 15.4 Å². The van der Waals surface area contributed by atoms with Gasteiger partial charge >= 0.3 is 0 Å². The topological polar surface area (TPSA) is 55.6 Å². The number of nitrogens with two attached hydrogens (primary N) is 1. The van der Waals surface area contributed by atoms with E-state index in [1.807, 2.05) is 0 Å². The van der Waals surface area contributed by atoms with Gasteiger partial charge in [-0.25, -0.2) is 4.39 Å². The molecular weight excluding hydrogens is 354 g/mol. The summed E-state index contributed by atoms with van der Waals surface area (Å²) in [7, 11) is 0. The van der Waals surface area contributed by atoms with E-state index >= 15 is 0 Å². The van der Waals surface area contributed by atoms with Crippen LogP contribution in [0.2, 0.25) is 10.0 Å². The molecule has 2 N–H and O–H groups in total. The first-order valence-corrected chi connectivity index (χ1v) is 7.44. The minimum absolute atomic E-state index is 0. The van der Waals surface area contributed by atoms with Gasteiger partial charge in [-0.05, 0) is 12.1 Å². The fourth-order valence-corrected chi connectivity index (χ4v) is 2.74. The van der Waals surface area contributed by atoms with Crippen LogP contribution in [0, 0.1) is 11.7 Å². The van der Waals surface area contributed by atoms with Crippen LogP contribution in [0.15, 0.2) is 12.1 Å². The van der Waals surface area contributed by atoms with Crippen molar-refractivity contribution in [2.75, 3.05) is 26.2 Å². The van der Waals surface area contributed by atoms with Gasteiger partial charge in [-0.3, -0.25) is 4.79 Å². The first-order chi connectivity index (χ1) is 9.93. The van der Waals surface area contributed by atoms with E-state index in [0.29, 0.717) is 30.3 Å². The van der Waals surface area contributed by atoms with Crippen molar-refractivity contribution in [1.82, 2.24) is 4.90 Å². The molecule has 1 fully saturated rings. The van der Waals surface area contributed by atoms with Crippen LogP contribution < -0.4 is 5.73 Å². The van der Waals surface area contributed by atoms with Gasteiger partial charge in [-0.2, -0.15) is 0 Å². The molecule has 0 spiro atoms. The highest BCUT2D eigenvalue weighted by Gasteiger charge is 2.29. The molecular formula is C14H18Cl3FN2O2. The first-order valence-electron chi connectivity index (χ1n) is 6.69. The monoisotopic (exact) mass is 370 g/mol. The fraction of sp³-hybridized carbons (Fsp3) is 0.500. The molecule has 0 bridgehead atoms. The number of carbonyl (C=O) groups is 1. The summed E-state index contributed by atoms with van der Waals surface area (Å²) in [4.78, 5) is 13.8. The molecule has 2 rings (SSSR count). The molecule has 1 aliphatic heterocycles. The molecule has 1 heterocycles. The highest BCUT2D eigenvalue weighted by molar-refractivity contribution is 6.35. The molecule has 0 radical (unpaired) electrons. The van der Waals surface area contributed by atoms with Crippen molar-refractivity contribution in [3.63, 3.8) is 0 Å². The third-order valence-corrected chi connectivity index (χ3v) is 4.16. The first kappa shape index (κ1) is 19.5. The Kier molecular flexibility index (Phi) is 7.35. The quantitative estimate of drug-likeness (QED) is 0.831. The van der Waals surface area contributed by atoms with Crippen LogP contribution >= 0.6 is 35.6 Å². The number of hydrogen-bond acceptors (Lipinski definition) is 3. The second-order valence-electron chi connectivity index (χ2n) is 5.07. The Labute approximate surface area is 145 Å². The van der Waals surface area contributed by atoms with Gasteiger partial charge in [0.25, 0.3) is 0 Å². The normalized spacial score (nSPS) is 19.5. The molecule has 1 aromatic rings. The van der Waals surface area contributed by atoms with E-state index in [0.717, 1.165) is 0 Å². The number of halogens is 4. The Balaban J connectivity index is 0.00000242. The van der Waals surface area contributed by atoms with Crippen LogP contribution in [0.1, 0.15) is 18.6 Å². The molecule has 8 heteroatoms. The molecule has 2 atom stereocenters. The summed E-state index contributed by atoms with van der Waals surface area (Å²) in [6.45, 7) is 3.25. The van der Waals surface area contributed by atoms with Gasteiger partial charge in [-0.15, -0.1) is 12.4 Å². The number of amides is 1. The van der Waals surface area contributed by atoms with Gasteiger partial charge in [0.1, 0.15) is 11.9 Å². The van der Waals surface area contributed by atoms with Gasteiger partial charge in [0.05, 0.1) is 18.2 Å². The SMILES string of the molecule is CC(CN)C(=O)N1CCOC(c2cc(F)c(Cl)cc2Cl)C1.Cl. The van der Waals surface area contributed by atoms with Crippen molar-refractivity contribution in [2.24, 2.45) is 11.7 Å². The third-order valence-electron chi connectivity index (χ3n) is 3.54. The summed E-state index contributed by atoms with van der Waals surface area (Å²) in [6.07, 6.45) is -0.466. The van der Waals surface area contributed by atoms with E-state index in [4.69, 9.17) is 33.7 Å². The third kappa shape index (κ3) is 4.24. The lowest BCUT2D eigenvalue weighted by Crippen LogP contribution is -2.45. The van der Waals surface area contributed by atoms with Gasteiger partial charge in [-0.1, -0.05) is 30.1 Å². The molecule has 0 aliphatic carbocycles. The highest BCUT2D eigenvalue weighted by atomic mass is 35.5. The van der Waals surface area contributed by atoms with Gasteiger partial charge in [0, 0.05) is 29.6 Å². The summed E-state index contributed by atoms with van der Waals surface area (Å²) in [6, 6.07) is 2.61. The van der Waals surface area contributed by atoms with E-state index in [-0.39, 0.29) is 35.8 Å². The predicted octanol–water partition coefficient (Wildman–Crippen LogP) is 3.05. The van der Waals surface area contributed by atoms with Crippen molar-refractivity contribution in [2.45, 2.75) is 13.0 Å². The van der Waals surface area contributed by atoms with E-state index in [1.54, 1.807) is 11.8 Å². The Hall–Kier alpha value is -0.590. The lowest BCUT2D eigenvalue weighted by atomic mass is 10.1. The van der Waals surface area contributed by atoms with Crippen molar-refractivity contribution in [1.29, 1.82) is 0 Å². The summed E-state index contributed by atoms with van der Waals surface area (Å²) in [5, 5.41) is 0.289. The number of morpholine rings is 1. The number of carbonyl (C=O) groups excluding carboxylic acids is 1. The molecule has 22 heavy (non-hydrogen) atoms. The summed E-state index contributed by atoms with van der Waals surface area (Å²) >= 11 is 11.8. The van der Waals surface area contributed by atoms with Crippen LogP contribution in [0.3, 0.4) is 0 Å². The van der Waals surface area contributed by atoms with Crippen LogP contribution in [-0.2, 0) is 9.53 Å². The molecule has 1 amide bonds. The lowest BCUT2D eigenvalue weighted by molar-refractivity contribution is -0.142. The van der Waals surface area contributed by atoms with Crippen LogP contribution in [0.4, 0.5) is 4.39 Å². The zero-order valence-corrected chi connectivity index (χ0v) is 14.3. The van der Waals surface area contributed by atoms with Gasteiger partial charge in [0.15, 0.2) is 0 Å². The van der Waals surface area contributed by atoms with E-state index in [2.05, 4.69) is 0 Å². The number of rotatable bonds is 3. The maximum absolute atomic E-state index is 13.6. The number of hydrogen-bond donors (Lipinski definition) is 1. The Morgan fingerprint density at radius 3 is 2.82 bits per heavy atom. The Morgan fingerprint density at radius 2 is 2.18 bits per heavy atom. The van der Waals surface area contributed by atoms with Crippen molar-refractivity contribution in [3.05, 3.63) is 33.6 Å². The maximum atomic E-state index is 13.6. The second-order valence-corrected chi connectivity index (χ2v) is 5.88. The average molecular weight is 372 g/mol. The molecule has 4 nitrogen and oxygen atoms in total. The molecule has 0 saturated carbocycles. The molecule has 0 aromatic heterocycles. The van der Waals surface area contributed by atoms with E-state index in [9.17, 15) is 9.18 Å². The zero-order valence-electron chi connectivity index (χ0n) is 12.0. The number of ether oxygens (including phenoxy) is 1. The molecule has 1 saturated heterocycles. The van der Waals surface area contributed by atoms with Crippen molar-refractivity contribution >= 4 is 41.5 Å². The summed E-state index contributed by atoms with van der Waals surface area (Å²) < 4.78 is 19.2. The molecule has 124 valence electrons. The Bertz CT molecular complexity index is 545. The molecule has 1 aliphatic rings. The fourth-order valence-electron chi connectivity index (χ4n) is 2.23. The predicted molar refractivity (Wildman–Crippen MR) is 87.2 cm³/mol. The number of nitrogens with zero attached hydrogens (tertiary/aromatic N) is 1. The molecule has 1 aromatic carbocycles. The zero-order chi connectivity index (χ0) is 15.6. The van der Waals surface area contributed by atoms with E-state index < -0.39 is 11.9 Å². The number of benzene rings is 1. The smallest absolute Gasteiger partial charge is 0.226 e.